The summed E-state index contributed by atoms with van der Waals surface area (Å²) in [6, 6.07) is 1.85. The van der Waals surface area contributed by atoms with Gasteiger partial charge in [0.25, 0.3) is 0 Å². The molecule has 1 fully saturated rings. The summed E-state index contributed by atoms with van der Waals surface area (Å²) in [5, 5.41) is 46.2. The number of fused-ring (bicyclic) bond motifs is 3. The van der Waals surface area contributed by atoms with E-state index < -0.39 is 56.8 Å². The van der Waals surface area contributed by atoms with E-state index in [0.29, 0.717) is 11.1 Å². The molecule has 1 saturated carbocycles. The van der Waals surface area contributed by atoms with Crippen molar-refractivity contribution in [3.63, 3.8) is 0 Å². The van der Waals surface area contributed by atoms with E-state index in [1.54, 1.807) is 27.7 Å². The normalized spacial score (nSPS) is 31.1. The minimum absolute atomic E-state index is 0.0227. The number of rotatable bonds is 5. The first kappa shape index (κ1) is 28.0. The minimum atomic E-state index is -2.61. The summed E-state index contributed by atoms with van der Waals surface area (Å²) in [6.07, 6.45) is 0.333. The zero-order valence-corrected chi connectivity index (χ0v) is 23.4. The second kappa shape index (κ2) is 8.78. The zero-order valence-electron chi connectivity index (χ0n) is 23.4. The van der Waals surface area contributed by atoms with E-state index in [9.17, 15) is 34.8 Å². The van der Waals surface area contributed by atoms with Gasteiger partial charge in [-0.1, -0.05) is 41.5 Å². The lowest BCUT2D eigenvalue weighted by Gasteiger charge is -2.59. The molecule has 0 aromatic heterocycles. The van der Waals surface area contributed by atoms with Gasteiger partial charge >= 0.3 is 0 Å². The first-order valence-electron chi connectivity index (χ1n) is 13.1. The molecule has 38 heavy (non-hydrogen) atoms. The highest BCUT2D eigenvalue weighted by Gasteiger charge is 2.72. The molecule has 0 bridgehead atoms. The Bertz CT molecular complexity index is 1330. The molecule has 4 atom stereocenters. The van der Waals surface area contributed by atoms with Crippen LogP contribution in [0.4, 0.5) is 0 Å². The molecule has 0 amide bonds. The summed E-state index contributed by atoms with van der Waals surface area (Å²) in [5.74, 6) is -5.22. The van der Waals surface area contributed by atoms with Crippen molar-refractivity contribution in [3.05, 3.63) is 45.2 Å². The van der Waals surface area contributed by atoms with Crippen molar-refractivity contribution in [1.82, 2.24) is 0 Å². The number of carbonyl (C=O) groups is 3. The van der Waals surface area contributed by atoms with Crippen LogP contribution in [0.2, 0.25) is 0 Å². The fourth-order valence-electron chi connectivity index (χ4n) is 7.65. The number of hydrogen-bond donors (Lipinski definition) is 4. The Morgan fingerprint density at radius 2 is 1.74 bits per heavy atom. The number of phenols is 1. The van der Waals surface area contributed by atoms with Crippen LogP contribution >= 0.6 is 0 Å². The number of Topliss-reactive ketones (excluding diaryl/α,β-unsaturated/α-hetero) is 3. The molecular weight excluding hydrogens is 488 g/mol. The van der Waals surface area contributed by atoms with Gasteiger partial charge < -0.3 is 25.2 Å². The number of ether oxygens (including phenoxy) is 1. The Hall–Kier alpha value is -2.97. The molecule has 0 spiro atoms. The number of aliphatic hydroxyl groups excluding tert-OH is 2. The largest absolute Gasteiger partial charge is 0.508 e. The highest BCUT2D eigenvalue weighted by molar-refractivity contribution is 6.24. The van der Waals surface area contributed by atoms with Crippen LogP contribution in [-0.2, 0) is 32.1 Å². The minimum Gasteiger partial charge on any atom is -0.508 e. The maximum Gasteiger partial charge on any atom is 0.203 e. The third-order valence-electron chi connectivity index (χ3n) is 9.04. The maximum absolute atomic E-state index is 14.3. The molecule has 3 aliphatic rings. The maximum atomic E-state index is 14.3. The van der Waals surface area contributed by atoms with Crippen molar-refractivity contribution in [2.45, 2.75) is 79.4 Å². The lowest BCUT2D eigenvalue weighted by molar-refractivity contribution is -0.178. The van der Waals surface area contributed by atoms with Crippen molar-refractivity contribution in [1.29, 1.82) is 0 Å². The summed E-state index contributed by atoms with van der Waals surface area (Å²) in [7, 11) is 1.49. The Kier molecular flexibility index (Phi) is 6.48. The van der Waals surface area contributed by atoms with Crippen LogP contribution in [0.25, 0.3) is 5.76 Å². The zero-order chi connectivity index (χ0) is 28.7. The van der Waals surface area contributed by atoms with Gasteiger partial charge in [0.2, 0.25) is 5.78 Å². The van der Waals surface area contributed by atoms with Crippen molar-refractivity contribution >= 4 is 23.1 Å². The second-order valence-corrected chi connectivity index (χ2v) is 12.4. The summed E-state index contributed by atoms with van der Waals surface area (Å²) in [4.78, 5) is 40.4. The van der Waals surface area contributed by atoms with Crippen LogP contribution in [0.1, 0.15) is 83.1 Å². The van der Waals surface area contributed by atoms with Gasteiger partial charge in [-0.2, -0.15) is 0 Å². The fourth-order valence-corrected chi connectivity index (χ4v) is 7.65. The first-order valence-corrected chi connectivity index (χ1v) is 13.1. The highest BCUT2D eigenvalue weighted by Crippen LogP contribution is 2.65. The Morgan fingerprint density at radius 3 is 2.24 bits per heavy atom. The second-order valence-electron chi connectivity index (χ2n) is 12.4. The average molecular weight is 527 g/mol. The van der Waals surface area contributed by atoms with E-state index in [1.807, 2.05) is 19.9 Å². The molecule has 3 aliphatic carbocycles. The van der Waals surface area contributed by atoms with Crippen molar-refractivity contribution in [3.8, 4) is 5.75 Å². The molecule has 1 aromatic rings. The van der Waals surface area contributed by atoms with E-state index in [-0.39, 0.29) is 48.2 Å². The topological polar surface area (TPSA) is 141 Å². The van der Waals surface area contributed by atoms with Gasteiger partial charge in [-0.3, -0.25) is 14.4 Å². The van der Waals surface area contributed by atoms with E-state index in [1.165, 1.54) is 7.11 Å². The van der Waals surface area contributed by atoms with Crippen LogP contribution in [0.5, 0.6) is 5.75 Å². The first-order chi connectivity index (χ1) is 17.5. The Morgan fingerprint density at radius 1 is 1.13 bits per heavy atom. The van der Waals surface area contributed by atoms with E-state index in [4.69, 9.17) is 4.74 Å². The van der Waals surface area contributed by atoms with Crippen LogP contribution in [0.15, 0.2) is 23.0 Å². The lowest BCUT2D eigenvalue weighted by atomic mass is 9.43. The van der Waals surface area contributed by atoms with Crippen LogP contribution < -0.4 is 0 Å². The van der Waals surface area contributed by atoms with Gasteiger partial charge in [0.15, 0.2) is 17.2 Å². The smallest absolute Gasteiger partial charge is 0.203 e. The molecular formula is C30H38O8. The molecule has 1 aromatic carbocycles. The average Bonchev–Trinajstić information content (AvgIpc) is 2.77. The Labute approximate surface area is 223 Å². The van der Waals surface area contributed by atoms with Gasteiger partial charge in [-0.05, 0) is 48.8 Å². The van der Waals surface area contributed by atoms with Gasteiger partial charge in [0.05, 0.1) is 12.2 Å². The number of carbonyl (C=O) groups excluding carboxylic acids is 3. The molecule has 0 aliphatic heterocycles. The summed E-state index contributed by atoms with van der Waals surface area (Å²) >= 11 is 0. The number of methoxy groups -OCH3 is 1. The van der Waals surface area contributed by atoms with Crippen molar-refractivity contribution < 1.29 is 39.5 Å². The molecule has 1 unspecified atom stereocenters. The third-order valence-corrected chi connectivity index (χ3v) is 9.04. The van der Waals surface area contributed by atoms with Crippen LogP contribution in [-0.4, -0.2) is 50.5 Å². The standard InChI is InChI=1S/C30H38O8/c1-13(2)17-9-16(11-38-8)23(32)20-18(17)10-28(6)12-29(7)21(14(3)4)24(33)19(15(5)31)26(35)30(29,37)27(36)22(28)25(20)34/h9,13-14,21,32,34-35,37H,10-12H2,1-8H3/t21?,28-,29-,30+/m1/s1. The lowest BCUT2D eigenvalue weighted by Crippen LogP contribution is -2.69. The number of allylic oxidation sites excluding steroid dienone is 1. The number of phenolic OH excluding ortho intramolecular Hbond substituents is 1. The SMILES string of the molecule is COCc1cc(C(C)C)c2c(c1O)C(O)=C1C(=O)[C@@]3(O)C(O)=C(C(C)=O)C(=O)C(C(C)C)[C@@]3(C)C[C@@]1(C)C2. The van der Waals surface area contributed by atoms with E-state index in [2.05, 4.69) is 0 Å². The highest BCUT2D eigenvalue weighted by atomic mass is 16.5. The Balaban J connectivity index is 2.11. The number of aromatic hydroxyl groups is 1. The van der Waals surface area contributed by atoms with Crippen molar-refractivity contribution in [2.75, 3.05) is 7.11 Å². The molecule has 8 nitrogen and oxygen atoms in total. The quantitative estimate of drug-likeness (QED) is 0.412. The number of benzene rings is 1. The predicted molar refractivity (Wildman–Crippen MR) is 141 cm³/mol. The van der Waals surface area contributed by atoms with Gasteiger partial charge in [0.1, 0.15) is 22.8 Å². The number of ketones is 3. The molecule has 0 saturated heterocycles. The molecule has 0 heterocycles. The fraction of sp³-hybridized carbons (Fsp3) is 0.567. The number of aliphatic hydroxyl groups is 3. The molecule has 8 heteroatoms. The predicted octanol–water partition coefficient (Wildman–Crippen LogP) is 4.46. The van der Waals surface area contributed by atoms with Crippen LogP contribution in [0.3, 0.4) is 0 Å². The van der Waals surface area contributed by atoms with E-state index >= 15 is 0 Å². The summed E-state index contributed by atoms with van der Waals surface area (Å²) < 4.78 is 5.24. The van der Waals surface area contributed by atoms with E-state index in [0.717, 1.165) is 12.5 Å². The molecule has 206 valence electrons. The molecule has 4 N–H and O–H groups in total. The molecule has 0 radical (unpaired) electrons. The molecule has 4 rings (SSSR count). The summed E-state index contributed by atoms with van der Waals surface area (Å²) in [5.41, 5.74) is -3.69. The monoisotopic (exact) mass is 526 g/mol. The van der Waals surface area contributed by atoms with Gasteiger partial charge in [-0.15, -0.1) is 0 Å². The number of hydrogen-bond acceptors (Lipinski definition) is 8. The van der Waals surface area contributed by atoms with Gasteiger partial charge in [0, 0.05) is 35.0 Å². The summed E-state index contributed by atoms with van der Waals surface area (Å²) in [6.45, 7) is 12.2. The van der Waals surface area contributed by atoms with Gasteiger partial charge in [-0.25, -0.2) is 0 Å². The van der Waals surface area contributed by atoms with Crippen LogP contribution in [0, 0.1) is 22.7 Å². The van der Waals surface area contributed by atoms with Crippen molar-refractivity contribution in [2.24, 2.45) is 22.7 Å². The third kappa shape index (κ3) is 3.39.